The van der Waals surface area contributed by atoms with Crippen molar-refractivity contribution in [3.8, 4) is 5.75 Å². The molecule has 0 spiro atoms. The summed E-state index contributed by atoms with van der Waals surface area (Å²) in [5, 5.41) is 2.81. The maximum absolute atomic E-state index is 13.1. The van der Waals surface area contributed by atoms with Crippen LogP contribution in [0.25, 0.3) is 0 Å². The van der Waals surface area contributed by atoms with E-state index in [2.05, 4.69) is 5.32 Å². The second-order valence-electron chi connectivity index (χ2n) is 7.33. The first-order chi connectivity index (χ1) is 12.8. The van der Waals surface area contributed by atoms with Gasteiger partial charge in [-0.1, -0.05) is 24.3 Å². The van der Waals surface area contributed by atoms with Crippen molar-refractivity contribution < 1.29 is 14.3 Å². The number of aryl methyl sites for hydroxylation is 2. The molecule has 2 aromatic carbocycles. The lowest BCUT2D eigenvalue weighted by atomic mass is 9.99. The molecule has 0 saturated carbocycles. The lowest BCUT2D eigenvalue weighted by molar-refractivity contribution is -0.126. The van der Waals surface area contributed by atoms with Gasteiger partial charge in [0.25, 0.3) is 5.91 Å². The molecule has 5 heteroatoms. The highest BCUT2D eigenvalue weighted by molar-refractivity contribution is 6.07. The molecule has 0 radical (unpaired) electrons. The highest BCUT2D eigenvalue weighted by Crippen LogP contribution is 2.41. The monoisotopic (exact) mass is 366 g/mol. The van der Waals surface area contributed by atoms with Gasteiger partial charge in [-0.25, -0.2) is 0 Å². The predicted octanol–water partition coefficient (Wildman–Crippen LogP) is 3.81. The van der Waals surface area contributed by atoms with Gasteiger partial charge in [-0.05, 0) is 56.5 Å². The van der Waals surface area contributed by atoms with Gasteiger partial charge >= 0.3 is 0 Å². The number of carbonyl (C=O) groups excluding carboxylic acids is 2. The fourth-order valence-electron chi connectivity index (χ4n) is 3.55. The van der Waals surface area contributed by atoms with E-state index in [1.165, 1.54) is 6.92 Å². The first kappa shape index (κ1) is 19.0. The number of hydrogen-bond acceptors (Lipinski definition) is 3. The third-order valence-electron chi connectivity index (χ3n) is 4.69. The number of rotatable bonds is 5. The van der Waals surface area contributed by atoms with Crippen molar-refractivity contribution in [2.75, 3.05) is 4.90 Å². The zero-order valence-electron chi connectivity index (χ0n) is 16.5. The fraction of sp³-hybridized carbons (Fsp3) is 0.364. The Morgan fingerprint density at radius 2 is 1.74 bits per heavy atom. The summed E-state index contributed by atoms with van der Waals surface area (Å²) in [7, 11) is 0. The summed E-state index contributed by atoms with van der Waals surface area (Å²) < 4.78 is 5.68. The second kappa shape index (κ2) is 7.43. The number of benzene rings is 2. The van der Waals surface area contributed by atoms with E-state index >= 15 is 0 Å². The molecule has 5 nitrogen and oxygen atoms in total. The van der Waals surface area contributed by atoms with Crippen molar-refractivity contribution in [3.63, 3.8) is 0 Å². The van der Waals surface area contributed by atoms with Gasteiger partial charge in [0.1, 0.15) is 11.8 Å². The van der Waals surface area contributed by atoms with Gasteiger partial charge in [0.05, 0.1) is 18.3 Å². The van der Waals surface area contributed by atoms with Crippen LogP contribution in [0.1, 0.15) is 49.1 Å². The summed E-state index contributed by atoms with van der Waals surface area (Å²) in [6.07, 6.45) is 0.118. The summed E-state index contributed by atoms with van der Waals surface area (Å²) in [5.74, 6) is 0.502. The maximum Gasteiger partial charge on any atom is 0.254 e. The van der Waals surface area contributed by atoms with E-state index < -0.39 is 6.04 Å². The van der Waals surface area contributed by atoms with Crippen LogP contribution in [0.2, 0.25) is 0 Å². The molecular weight excluding hydrogens is 340 g/mol. The molecular formula is C22H26N2O3. The van der Waals surface area contributed by atoms with E-state index in [1.54, 1.807) is 4.90 Å². The molecule has 0 aliphatic carbocycles. The Labute approximate surface area is 160 Å². The third kappa shape index (κ3) is 3.82. The summed E-state index contributed by atoms with van der Waals surface area (Å²) in [6, 6.07) is 11.2. The summed E-state index contributed by atoms with van der Waals surface area (Å²) >= 11 is 0. The molecule has 27 heavy (non-hydrogen) atoms. The zero-order valence-corrected chi connectivity index (χ0v) is 16.5. The summed E-state index contributed by atoms with van der Waals surface area (Å²) in [6.45, 7) is 9.83. The van der Waals surface area contributed by atoms with Crippen molar-refractivity contribution >= 4 is 17.5 Å². The van der Waals surface area contributed by atoms with Gasteiger partial charge in [-0.15, -0.1) is 0 Å². The predicted molar refractivity (Wildman–Crippen MR) is 106 cm³/mol. The maximum atomic E-state index is 13.1. The molecule has 142 valence electrons. The van der Waals surface area contributed by atoms with Gasteiger partial charge < -0.3 is 15.0 Å². The molecule has 2 aromatic rings. The standard InChI is InChI=1S/C22H26N2O3/c1-13(2)27-18-10-8-17(9-11-18)12-24-21-15(4)7-6-14(3)19(21)20(22(24)26)23-16(5)25/h6-11,13,20H,12H2,1-5H3,(H,23,25)/t20-/m1/s1. The topological polar surface area (TPSA) is 58.6 Å². The van der Waals surface area contributed by atoms with Crippen LogP contribution in [0, 0.1) is 13.8 Å². The first-order valence-electron chi connectivity index (χ1n) is 9.22. The third-order valence-corrected chi connectivity index (χ3v) is 4.69. The Kier molecular flexibility index (Phi) is 5.22. The highest BCUT2D eigenvalue weighted by Gasteiger charge is 2.39. The number of nitrogens with one attached hydrogen (secondary N) is 1. The van der Waals surface area contributed by atoms with Crippen LogP contribution in [0.15, 0.2) is 36.4 Å². The number of fused-ring (bicyclic) bond motifs is 1. The average Bonchev–Trinajstić information content (AvgIpc) is 2.86. The molecule has 1 N–H and O–H groups in total. The molecule has 0 unspecified atom stereocenters. The molecule has 0 fully saturated rings. The van der Waals surface area contributed by atoms with E-state index in [0.29, 0.717) is 6.54 Å². The second-order valence-corrected chi connectivity index (χ2v) is 7.33. The fourth-order valence-corrected chi connectivity index (χ4v) is 3.55. The number of hydrogen-bond donors (Lipinski definition) is 1. The van der Waals surface area contributed by atoms with Gasteiger partial charge in [0.2, 0.25) is 5.91 Å². The number of anilines is 1. The number of amides is 2. The number of ether oxygens (including phenoxy) is 1. The van der Waals surface area contributed by atoms with E-state index in [9.17, 15) is 9.59 Å². The van der Waals surface area contributed by atoms with Crippen LogP contribution in [0.3, 0.4) is 0 Å². The minimum atomic E-state index is -0.624. The molecule has 0 aromatic heterocycles. The largest absolute Gasteiger partial charge is 0.491 e. The van der Waals surface area contributed by atoms with Gasteiger partial charge in [0.15, 0.2) is 0 Å². The van der Waals surface area contributed by atoms with Gasteiger partial charge in [-0.3, -0.25) is 9.59 Å². The van der Waals surface area contributed by atoms with Crippen molar-refractivity contribution in [3.05, 3.63) is 58.7 Å². The summed E-state index contributed by atoms with van der Waals surface area (Å²) in [4.78, 5) is 26.5. The van der Waals surface area contributed by atoms with Crippen LogP contribution in [-0.4, -0.2) is 17.9 Å². The van der Waals surface area contributed by atoms with Crippen molar-refractivity contribution in [1.82, 2.24) is 5.32 Å². The van der Waals surface area contributed by atoms with Crippen molar-refractivity contribution in [2.45, 2.75) is 53.3 Å². The number of nitrogens with zero attached hydrogens (tertiary/aromatic N) is 1. The Morgan fingerprint density at radius 1 is 1.11 bits per heavy atom. The van der Waals surface area contributed by atoms with Crippen LogP contribution in [-0.2, 0) is 16.1 Å². The molecule has 1 atom stereocenters. The molecule has 1 aliphatic rings. The number of carbonyl (C=O) groups is 2. The SMILES string of the molecule is CC(=O)N[C@H]1C(=O)N(Cc2ccc(OC(C)C)cc2)c2c(C)ccc(C)c21. The molecule has 0 bridgehead atoms. The quantitative estimate of drug-likeness (QED) is 0.875. The van der Waals surface area contributed by atoms with Crippen LogP contribution in [0.5, 0.6) is 5.75 Å². The van der Waals surface area contributed by atoms with Crippen molar-refractivity contribution in [1.29, 1.82) is 0 Å². The molecule has 1 heterocycles. The Morgan fingerprint density at radius 3 is 2.33 bits per heavy atom. The van der Waals surface area contributed by atoms with E-state index in [-0.39, 0.29) is 17.9 Å². The summed E-state index contributed by atoms with van der Waals surface area (Å²) in [5.41, 5.74) is 4.84. The highest BCUT2D eigenvalue weighted by atomic mass is 16.5. The normalized spacial score (nSPS) is 15.9. The minimum absolute atomic E-state index is 0.0971. The van der Waals surface area contributed by atoms with E-state index in [0.717, 1.165) is 33.7 Å². The van der Waals surface area contributed by atoms with Crippen LogP contribution in [0.4, 0.5) is 5.69 Å². The van der Waals surface area contributed by atoms with Gasteiger partial charge in [0, 0.05) is 12.5 Å². The van der Waals surface area contributed by atoms with E-state index in [4.69, 9.17) is 4.74 Å². The Balaban J connectivity index is 1.93. The van der Waals surface area contributed by atoms with Crippen LogP contribution < -0.4 is 15.0 Å². The molecule has 0 saturated heterocycles. The smallest absolute Gasteiger partial charge is 0.254 e. The van der Waals surface area contributed by atoms with Crippen LogP contribution >= 0.6 is 0 Å². The Hall–Kier alpha value is -2.82. The lowest BCUT2D eigenvalue weighted by Crippen LogP contribution is -2.36. The average molecular weight is 366 g/mol. The molecule has 1 aliphatic heterocycles. The first-order valence-corrected chi connectivity index (χ1v) is 9.22. The Bertz CT molecular complexity index is 872. The molecule has 3 rings (SSSR count). The zero-order chi connectivity index (χ0) is 19.7. The lowest BCUT2D eigenvalue weighted by Gasteiger charge is -2.20. The minimum Gasteiger partial charge on any atom is -0.491 e. The molecule has 2 amide bonds. The van der Waals surface area contributed by atoms with E-state index in [1.807, 2.05) is 64.1 Å². The van der Waals surface area contributed by atoms with Gasteiger partial charge in [-0.2, -0.15) is 0 Å². The van der Waals surface area contributed by atoms with Crippen molar-refractivity contribution in [2.24, 2.45) is 0 Å².